The number of ether oxygens (including phenoxy) is 2. The van der Waals surface area contributed by atoms with Crippen LogP contribution in [0.2, 0.25) is 0 Å². The number of aromatic nitrogens is 2. The number of benzene rings is 1. The Kier molecular flexibility index (Phi) is 4.60. The zero-order valence-corrected chi connectivity index (χ0v) is 11.5. The molecule has 6 heteroatoms. The molecule has 1 aromatic heterocycles. The van der Waals surface area contributed by atoms with E-state index in [9.17, 15) is 4.79 Å². The van der Waals surface area contributed by atoms with Gasteiger partial charge in [0.15, 0.2) is 0 Å². The zero-order valence-electron chi connectivity index (χ0n) is 11.5. The Bertz CT molecular complexity index is 567. The van der Waals surface area contributed by atoms with Crippen LogP contribution in [-0.2, 0) is 0 Å². The van der Waals surface area contributed by atoms with Crippen LogP contribution in [-0.4, -0.2) is 29.3 Å². The Morgan fingerprint density at radius 2 is 2.10 bits per heavy atom. The molecule has 6 nitrogen and oxygen atoms in total. The van der Waals surface area contributed by atoms with Gasteiger partial charge < -0.3 is 14.8 Å². The van der Waals surface area contributed by atoms with Gasteiger partial charge in [0.1, 0.15) is 11.5 Å². The van der Waals surface area contributed by atoms with Crippen molar-refractivity contribution in [2.45, 2.75) is 13.8 Å². The van der Waals surface area contributed by atoms with E-state index in [-0.39, 0.29) is 5.91 Å². The van der Waals surface area contributed by atoms with Crippen LogP contribution in [0.4, 0.5) is 5.69 Å². The molecule has 0 saturated heterocycles. The number of aromatic amines is 1. The van der Waals surface area contributed by atoms with Gasteiger partial charge in [0.2, 0.25) is 0 Å². The van der Waals surface area contributed by atoms with Crippen molar-refractivity contribution in [1.82, 2.24) is 10.2 Å². The fraction of sp³-hybridized carbons (Fsp3) is 0.286. The number of hydrogen-bond donors (Lipinski definition) is 2. The molecule has 0 unspecified atom stereocenters. The minimum absolute atomic E-state index is 0.256. The van der Waals surface area contributed by atoms with Gasteiger partial charge in [-0.15, -0.1) is 0 Å². The summed E-state index contributed by atoms with van der Waals surface area (Å²) in [4.78, 5) is 12.0. The van der Waals surface area contributed by atoms with Crippen molar-refractivity contribution in [3.63, 3.8) is 0 Å². The number of rotatable bonds is 6. The van der Waals surface area contributed by atoms with Gasteiger partial charge in [0, 0.05) is 12.3 Å². The molecule has 0 aliphatic heterocycles. The predicted molar refractivity (Wildman–Crippen MR) is 75.3 cm³/mol. The number of nitrogens with one attached hydrogen (secondary N) is 2. The molecule has 2 aromatic rings. The Labute approximate surface area is 117 Å². The molecular formula is C14H17N3O3. The molecule has 1 amide bonds. The Balaban J connectivity index is 2.22. The molecule has 2 rings (SSSR count). The summed E-state index contributed by atoms with van der Waals surface area (Å²) in [6.07, 6.45) is 2.99. The van der Waals surface area contributed by atoms with E-state index in [2.05, 4.69) is 15.5 Å². The smallest absolute Gasteiger partial charge is 0.258 e. The number of H-pyrrole nitrogens is 1. The highest BCUT2D eigenvalue weighted by molar-refractivity contribution is 6.04. The molecule has 0 atom stereocenters. The van der Waals surface area contributed by atoms with Crippen LogP contribution in [0.1, 0.15) is 24.2 Å². The summed E-state index contributed by atoms with van der Waals surface area (Å²) in [6, 6.07) is 5.33. The maximum Gasteiger partial charge on any atom is 0.258 e. The number of nitrogens with zero attached hydrogens (tertiary/aromatic N) is 1. The Hall–Kier alpha value is -2.50. The fourth-order valence-corrected chi connectivity index (χ4v) is 1.71. The van der Waals surface area contributed by atoms with Gasteiger partial charge in [-0.25, -0.2) is 0 Å². The first-order chi connectivity index (χ1) is 9.74. The topological polar surface area (TPSA) is 76.2 Å². The van der Waals surface area contributed by atoms with E-state index in [0.717, 1.165) is 0 Å². The lowest BCUT2D eigenvalue weighted by Crippen LogP contribution is -2.12. The molecule has 1 aromatic carbocycles. The monoisotopic (exact) mass is 275 g/mol. The van der Waals surface area contributed by atoms with Gasteiger partial charge in [0.05, 0.1) is 30.7 Å². The van der Waals surface area contributed by atoms with Crippen molar-refractivity contribution in [2.75, 3.05) is 18.5 Å². The first kappa shape index (κ1) is 13.9. The summed E-state index contributed by atoms with van der Waals surface area (Å²) in [6.45, 7) is 4.87. The molecule has 0 radical (unpaired) electrons. The SMILES string of the molecule is CCOc1ccc(OCC)c(NC(=O)c2cn[nH]c2)c1. The average molecular weight is 275 g/mol. The first-order valence-electron chi connectivity index (χ1n) is 6.44. The third-order valence-corrected chi connectivity index (χ3v) is 2.57. The van der Waals surface area contributed by atoms with E-state index in [1.807, 2.05) is 19.9 Å². The summed E-state index contributed by atoms with van der Waals surface area (Å²) in [5.41, 5.74) is 1.03. The molecule has 106 valence electrons. The summed E-state index contributed by atoms with van der Waals surface area (Å²) >= 11 is 0. The van der Waals surface area contributed by atoms with Crippen LogP contribution < -0.4 is 14.8 Å². The Morgan fingerprint density at radius 1 is 1.30 bits per heavy atom. The molecule has 20 heavy (non-hydrogen) atoms. The molecule has 0 aliphatic rings. The van der Waals surface area contributed by atoms with Crippen LogP contribution in [0.5, 0.6) is 11.5 Å². The van der Waals surface area contributed by atoms with Crippen molar-refractivity contribution in [3.05, 3.63) is 36.2 Å². The third kappa shape index (κ3) is 3.28. The standard InChI is InChI=1S/C14H17N3O3/c1-3-19-11-5-6-13(20-4-2)12(7-11)17-14(18)10-8-15-16-9-10/h5-9H,3-4H2,1-2H3,(H,15,16)(H,17,18). The molecule has 2 N–H and O–H groups in total. The lowest BCUT2D eigenvalue weighted by Gasteiger charge is -2.13. The van der Waals surface area contributed by atoms with Crippen molar-refractivity contribution in [3.8, 4) is 11.5 Å². The van der Waals surface area contributed by atoms with Gasteiger partial charge in [0.25, 0.3) is 5.91 Å². The second-order valence-electron chi connectivity index (χ2n) is 3.97. The number of carbonyl (C=O) groups excluding carboxylic acids is 1. The number of amides is 1. The predicted octanol–water partition coefficient (Wildman–Crippen LogP) is 2.46. The molecule has 0 fully saturated rings. The molecule has 1 heterocycles. The van der Waals surface area contributed by atoms with E-state index < -0.39 is 0 Å². The van der Waals surface area contributed by atoms with Crippen LogP contribution in [0, 0.1) is 0 Å². The first-order valence-corrected chi connectivity index (χ1v) is 6.44. The van der Waals surface area contributed by atoms with Gasteiger partial charge in [-0.3, -0.25) is 9.89 Å². The normalized spacial score (nSPS) is 10.1. The van der Waals surface area contributed by atoms with Crippen molar-refractivity contribution in [1.29, 1.82) is 0 Å². The summed E-state index contributed by atoms with van der Waals surface area (Å²) in [7, 11) is 0. The van der Waals surface area contributed by atoms with Crippen LogP contribution in [0.25, 0.3) is 0 Å². The third-order valence-electron chi connectivity index (χ3n) is 2.57. The lowest BCUT2D eigenvalue weighted by molar-refractivity contribution is 0.102. The maximum absolute atomic E-state index is 12.0. The maximum atomic E-state index is 12.0. The van der Waals surface area contributed by atoms with E-state index in [1.54, 1.807) is 12.1 Å². The summed E-state index contributed by atoms with van der Waals surface area (Å²) in [5.74, 6) is 1.03. The largest absolute Gasteiger partial charge is 0.494 e. The highest BCUT2D eigenvalue weighted by Gasteiger charge is 2.12. The molecule has 0 spiro atoms. The quantitative estimate of drug-likeness (QED) is 0.849. The van der Waals surface area contributed by atoms with Crippen LogP contribution >= 0.6 is 0 Å². The highest BCUT2D eigenvalue weighted by atomic mass is 16.5. The fourth-order valence-electron chi connectivity index (χ4n) is 1.71. The van der Waals surface area contributed by atoms with Crippen molar-refractivity contribution in [2.24, 2.45) is 0 Å². The lowest BCUT2D eigenvalue weighted by atomic mass is 10.2. The van der Waals surface area contributed by atoms with Gasteiger partial charge in [-0.2, -0.15) is 5.10 Å². The number of carbonyl (C=O) groups is 1. The van der Waals surface area contributed by atoms with Crippen molar-refractivity contribution < 1.29 is 14.3 Å². The summed E-state index contributed by atoms with van der Waals surface area (Å²) in [5, 5.41) is 9.14. The highest BCUT2D eigenvalue weighted by Crippen LogP contribution is 2.29. The van der Waals surface area contributed by atoms with E-state index in [4.69, 9.17) is 9.47 Å². The minimum atomic E-state index is -0.256. The number of anilines is 1. The molecule has 0 saturated carbocycles. The van der Waals surface area contributed by atoms with Gasteiger partial charge >= 0.3 is 0 Å². The molecule has 0 aliphatic carbocycles. The molecular weight excluding hydrogens is 258 g/mol. The van der Waals surface area contributed by atoms with Gasteiger partial charge in [-0.05, 0) is 26.0 Å². The second-order valence-corrected chi connectivity index (χ2v) is 3.97. The average Bonchev–Trinajstić information content (AvgIpc) is 2.96. The van der Waals surface area contributed by atoms with E-state index in [0.29, 0.717) is 36.0 Å². The number of hydrogen-bond acceptors (Lipinski definition) is 4. The second kappa shape index (κ2) is 6.60. The minimum Gasteiger partial charge on any atom is -0.494 e. The Morgan fingerprint density at radius 3 is 2.75 bits per heavy atom. The summed E-state index contributed by atoms with van der Waals surface area (Å²) < 4.78 is 10.9. The van der Waals surface area contributed by atoms with E-state index >= 15 is 0 Å². The van der Waals surface area contributed by atoms with Crippen LogP contribution in [0.15, 0.2) is 30.6 Å². The van der Waals surface area contributed by atoms with E-state index in [1.165, 1.54) is 12.4 Å². The molecule has 0 bridgehead atoms. The zero-order chi connectivity index (χ0) is 14.4. The van der Waals surface area contributed by atoms with Gasteiger partial charge in [-0.1, -0.05) is 0 Å². The van der Waals surface area contributed by atoms with Crippen LogP contribution in [0.3, 0.4) is 0 Å². The van der Waals surface area contributed by atoms with Crippen molar-refractivity contribution >= 4 is 11.6 Å².